The van der Waals surface area contributed by atoms with Crippen molar-refractivity contribution in [3.63, 3.8) is 0 Å². The van der Waals surface area contributed by atoms with Crippen molar-refractivity contribution >= 4 is 5.97 Å². The van der Waals surface area contributed by atoms with Crippen LogP contribution in [-0.4, -0.2) is 24.3 Å². The summed E-state index contributed by atoms with van der Waals surface area (Å²) in [7, 11) is 0. The monoisotopic (exact) mass is 198 g/mol. The number of carbonyl (C=O) groups is 1. The zero-order valence-corrected chi connectivity index (χ0v) is 9.08. The van der Waals surface area contributed by atoms with Gasteiger partial charge >= 0.3 is 5.97 Å². The molecule has 3 unspecified atom stereocenters. The van der Waals surface area contributed by atoms with E-state index in [1.54, 1.807) is 6.92 Å². The molecule has 1 aliphatic rings. The summed E-state index contributed by atoms with van der Waals surface area (Å²) in [6.07, 6.45) is 2.20. The Kier molecular flexibility index (Phi) is 3.69. The molecule has 0 aromatic carbocycles. The topological polar surface area (TPSA) is 38.8 Å². The molecule has 0 saturated carbocycles. The highest BCUT2D eigenvalue weighted by atomic mass is 16.6. The lowest BCUT2D eigenvalue weighted by atomic mass is 10.1. The summed E-state index contributed by atoms with van der Waals surface area (Å²) >= 11 is 0. The molecule has 3 heteroatoms. The molecule has 14 heavy (non-hydrogen) atoms. The Morgan fingerprint density at radius 1 is 1.64 bits per heavy atom. The third-order valence-corrected chi connectivity index (χ3v) is 2.41. The Morgan fingerprint density at radius 2 is 2.21 bits per heavy atom. The molecule has 0 aliphatic carbocycles. The maximum Gasteiger partial charge on any atom is 0.333 e. The number of carbonyl (C=O) groups excluding carboxylic acids is 1. The minimum atomic E-state index is -0.301. The second-order valence-corrected chi connectivity index (χ2v) is 3.83. The summed E-state index contributed by atoms with van der Waals surface area (Å²) in [4.78, 5) is 11.2. The van der Waals surface area contributed by atoms with Crippen LogP contribution in [0, 0.1) is 0 Å². The first kappa shape index (κ1) is 11.2. The van der Waals surface area contributed by atoms with Crippen molar-refractivity contribution < 1.29 is 14.3 Å². The van der Waals surface area contributed by atoms with Crippen LogP contribution in [0.3, 0.4) is 0 Å². The normalized spacial score (nSPS) is 26.8. The van der Waals surface area contributed by atoms with Crippen molar-refractivity contribution in [1.82, 2.24) is 0 Å². The third kappa shape index (κ3) is 3.14. The number of ether oxygens (including phenoxy) is 2. The number of epoxide rings is 1. The summed E-state index contributed by atoms with van der Waals surface area (Å²) in [5.74, 6) is -0.301. The first-order valence-electron chi connectivity index (χ1n) is 5.06. The standard InChI is InChI=1S/C11H18O3/c1-5-9(6-10-8(4)13-10)14-11(12)7(2)3/h8-10H,2,5-6H2,1,3-4H3. The van der Waals surface area contributed by atoms with Gasteiger partial charge < -0.3 is 9.47 Å². The number of hydrogen-bond donors (Lipinski definition) is 0. The lowest BCUT2D eigenvalue weighted by Crippen LogP contribution is -2.20. The van der Waals surface area contributed by atoms with E-state index in [-0.39, 0.29) is 18.2 Å². The Hall–Kier alpha value is -0.830. The molecule has 3 atom stereocenters. The van der Waals surface area contributed by atoms with Gasteiger partial charge in [-0.15, -0.1) is 0 Å². The van der Waals surface area contributed by atoms with Gasteiger partial charge in [-0.1, -0.05) is 13.5 Å². The quantitative estimate of drug-likeness (QED) is 0.385. The number of hydrogen-bond acceptors (Lipinski definition) is 3. The van der Waals surface area contributed by atoms with Crippen molar-refractivity contribution in [2.24, 2.45) is 0 Å². The molecule has 1 saturated heterocycles. The minimum Gasteiger partial charge on any atom is -0.459 e. The van der Waals surface area contributed by atoms with Gasteiger partial charge in [-0.05, 0) is 20.3 Å². The summed E-state index contributed by atoms with van der Waals surface area (Å²) in [6, 6.07) is 0. The van der Waals surface area contributed by atoms with E-state index in [2.05, 4.69) is 6.58 Å². The van der Waals surface area contributed by atoms with E-state index in [0.29, 0.717) is 11.7 Å². The zero-order valence-electron chi connectivity index (χ0n) is 9.08. The molecule has 3 nitrogen and oxygen atoms in total. The number of rotatable bonds is 5. The van der Waals surface area contributed by atoms with Gasteiger partial charge in [0.05, 0.1) is 12.2 Å². The summed E-state index contributed by atoms with van der Waals surface area (Å²) in [5.41, 5.74) is 0.452. The Bertz CT molecular complexity index is 235. The van der Waals surface area contributed by atoms with Gasteiger partial charge in [0.15, 0.2) is 0 Å². The summed E-state index contributed by atoms with van der Waals surface area (Å²) < 4.78 is 10.5. The highest BCUT2D eigenvalue weighted by Gasteiger charge is 2.36. The molecular formula is C11H18O3. The van der Waals surface area contributed by atoms with Crippen LogP contribution >= 0.6 is 0 Å². The van der Waals surface area contributed by atoms with Gasteiger partial charge in [0.1, 0.15) is 6.10 Å². The van der Waals surface area contributed by atoms with Gasteiger partial charge in [-0.3, -0.25) is 0 Å². The molecule has 1 fully saturated rings. The predicted octanol–water partition coefficient (Wildman–Crippen LogP) is 2.06. The highest BCUT2D eigenvalue weighted by molar-refractivity contribution is 5.87. The van der Waals surface area contributed by atoms with E-state index in [4.69, 9.17) is 9.47 Å². The zero-order chi connectivity index (χ0) is 10.7. The van der Waals surface area contributed by atoms with Crippen LogP contribution in [0.15, 0.2) is 12.2 Å². The van der Waals surface area contributed by atoms with Crippen LogP contribution in [0.2, 0.25) is 0 Å². The smallest absolute Gasteiger partial charge is 0.333 e. The van der Waals surface area contributed by atoms with Crippen molar-refractivity contribution in [3.05, 3.63) is 12.2 Å². The SMILES string of the molecule is C=C(C)C(=O)OC(CC)CC1OC1C. The average molecular weight is 198 g/mol. The lowest BCUT2D eigenvalue weighted by Gasteiger charge is -2.14. The Morgan fingerprint density at radius 3 is 2.57 bits per heavy atom. The van der Waals surface area contributed by atoms with E-state index in [1.807, 2.05) is 13.8 Å². The van der Waals surface area contributed by atoms with Gasteiger partial charge in [-0.2, -0.15) is 0 Å². The van der Waals surface area contributed by atoms with Gasteiger partial charge in [0.2, 0.25) is 0 Å². The maximum absolute atomic E-state index is 11.2. The van der Waals surface area contributed by atoms with Gasteiger partial charge in [0, 0.05) is 12.0 Å². The van der Waals surface area contributed by atoms with Crippen molar-refractivity contribution in [3.8, 4) is 0 Å². The molecule has 1 rings (SSSR count). The van der Waals surface area contributed by atoms with Crippen LogP contribution < -0.4 is 0 Å². The maximum atomic E-state index is 11.2. The van der Waals surface area contributed by atoms with Crippen LogP contribution in [-0.2, 0) is 14.3 Å². The molecular weight excluding hydrogens is 180 g/mol. The van der Waals surface area contributed by atoms with E-state index in [1.165, 1.54) is 0 Å². The van der Waals surface area contributed by atoms with Gasteiger partial charge in [0.25, 0.3) is 0 Å². The van der Waals surface area contributed by atoms with E-state index < -0.39 is 0 Å². The second-order valence-electron chi connectivity index (χ2n) is 3.83. The highest BCUT2D eigenvalue weighted by Crippen LogP contribution is 2.27. The van der Waals surface area contributed by atoms with E-state index >= 15 is 0 Å². The van der Waals surface area contributed by atoms with Crippen molar-refractivity contribution in [2.75, 3.05) is 0 Å². The summed E-state index contributed by atoms with van der Waals surface area (Å²) in [5, 5.41) is 0. The molecule has 80 valence electrons. The first-order valence-corrected chi connectivity index (χ1v) is 5.06. The fourth-order valence-electron chi connectivity index (χ4n) is 1.29. The Labute approximate surface area is 85.1 Å². The average Bonchev–Trinajstić information content (AvgIpc) is 2.80. The summed E-state index contributed by atoms with van der Waals surface area (Å²) in [6.45, 7) is 9.23. The van der Waals surface area contributed by atoms with Crippen LogP contribution in [0.5, 0.6) is 0 Å². The van der Waals surface area contributed by atoms with E-state index in [0.717, 1.165) is 12.8 Å². The molecule has 0 aromatic rings. The van der Waals surface area contributed by atoms with Crippen LogP contribution in [0.4, 0.5) is 0 Å². The predicted molar refractivity (Wildman–Crippen MR) is 53.9 cm³/mol. The van der Waals surface area contributed by atoms with Crippen molar-refractivity contribution in [1.29, 1.82) is 0 Å². The largest absolute Gasteiger partial charge is 0.459 e. The van der Waals surface area contributed by atoms with Gasteiger partial charge in [-0.25, -0.2) is 4.79 Å². The Balaban J connectivity index is 2.31. The molecule has 0 spiro atoms. The molecule has 0 radical (unpaired) electrons. The minimum absolute atomic E-state index is 0.0332. The molecule has 0 amide bonds. The fraction of sp³-hybridized carbons (Fsp3) is 0.727. The second kappa shape index (κ2) is 4.60. The fourth-order valence-corrected chi connectivity index (χ4v) is 1.29. The van der Waals surface area contributed by atoms with E-state index in [9.17, 15) is 4.79 Å². The molecule has 1 heterocycles. The first-order chi connectivity index (χ1) is 6.54. The molecule has 0 aromatic heterocycles. The number of esters is 1. The molecule has 1 aliphatic heterocycles. The molecule has 0 bridgehead atoms. The van der Waals surface area contributed by atoms with Crippen LogP contribution in [0.25, 0.3) is 0 Å². The lowest BCUT2D eigenvalue weighted by molar-refractivity contribution is -0.144. The van der Waals surface area contributed by atoms with Crippen LogP contribution in [0.1, 0.15) is 33.6 Å². The third-order valence-electron chi connectivity index (χ3n) is 2.41. The molecule has 0 N–H and O–H groups in total. The van der Waals surface area contributed by atoms with Crippen molar-refractivity contribution in [2.45, 2.75) is 51.9 Å².